The molecule has 0 aliphatic carbocycles. The van der Waals surface area contributed by atoms with Crippen LogP contribution in [0.15, 0.2) is 48.0 Å². The molecule has 0 radical (unpaired) electrons. The van der Waals surface area contributed by atoms with Gasteiger partial charge >= 0.3 is 6.18 Å². The van der Waals surface area contributed by atoms with Gasteiger partial charge in [0.2, 0.25) is 0 Å². The van der Waals surface area contributed by atoms with Gasteiger partial charge in [0.1, 0.15) is 11.6 Å². The summed E-state index contributed by atoms with van der Waals surface area (Å²) in [7, 11) is 1.55. The zero-order chi connectivity index (χ0) is 28.4. The zero-order valence-electron chi connectivity index (χ0n) is 22.9. The lowest BCUT2D eigenvalue weighted by atomic mass is 9.81. The number of rotatable bonds is 8. The van der Waals surface area contributed by atoms with Crippen molar-refractivity contribution < 1.29 is 27.4 Å². The maximum absolute atomic E-state index is 13.5. The highest BCUT2D eigenvalue weighted by molar-refractivity contribution is 7.18. The Bertz CT molecular complexity index is 1390. The summed E-state index contributed by atoms with van der Waals surface area (Å²) in [4.78, 5) is 20.0. The highest BCUT2D eigenvalue weighted by atomic mass is 32.1. The summed E-state index contributed by atoms with van der Waals surface area (Å²) in [6.45, 7) is 4.95. The molecule has 214 valence electrons. The van der Waals surface area contributed by atoms with Crippen molar-refractivity contribution in [3.05, 3.63) is 64.2 Å². The van der Waals surface area contributed by atoms with Crippen molar-refractivity contribution in [3.8, 4) is 11.5 Å². The van der Waals surface area contributed by atoms with Gasteiger partial charge in [0.15, 0.2) is 11.5 Å². The number of carbonyl (C=O) groups is 1. The van der Waals surface area contributed by atoms with Crippen LogP contribution in [0.4, 0.5) is 13.2 Å². The van der Waals surface area contributed by atoms with Gasteiger partial charge in [-0.3, -0.25) is 9.69 Å². The summed E-state index contributed by atoms with van der Waals surface area (Å²) < 4.78 is 52.3. The highest BCUT2D eigenvalue weighted by Crippen LogP contribution is 2.39. The monoisotopic (exact) mass is 573 g/mol. The smallest absolute Gasteiger partial charge is 0.418 e. The standard InChI is InChI=1S/C30H34F3N3O3S/c1-18(2)12-13-39-24-11-10-19(14-25(24)38-3)29(37)34-20-15-21-6-4-7-22(16-20)36(21)17-27-35-28-23(30(31,32)33)8-5-9-26(28)40-27/h5,8-12,14,20-22H,4,6-7,13,15-17H2,1-3H3,(H,34,37). The van der Waals surface area contributed by atoms with Gasteiger partial charge in [-0.25, -0.2) is 4.98 Å². The van der Waals surface area contributed by atoms with E-state index < -0.39 is 11.7 Å². The third-order valence-corrected chi connectivity index (χ3v) is 8.71. The van der Waals surface area contributed by atoms with Gasteiger partial charge in [-0.15, -0.1) is 11.3 Å². The first-order valence-electron chi connectivity index (χ1n) is 13.6. The van der Waals surface area contributed by atoms with Gasteiger partial charge in [0, 0.05) is 23.7 Å². The minimum absolute atomic E-state index is 0.0193. The van der Waals surface area contributed by atoms with Gasteiger partial charge < -0.3 is 14.8 Å². The minimum atomic E-state index is -4.43. The molecule has 1 amide bonds. The fraction of sp³-hybridized carbons (Fsp3) is 0.467. The Morgan fingerprint density at radius 1 is 1.15 bits per heavy atom. The fourth-order valence-electron chi connectivity index (χ4n) is 5.80. The minimum Gasteiger partial charge on any atom is -0.493 e. The largest absolute Gasteiger partial charge is 0.493 e. The normalized spacial score (nSPS) is 21.2. The van der Waals surface area contributed by atoms with Gasteiger partial charge in [0.05, 0.1) is 29.4 Å². The van der Waals surface area contributed by atoms with Crippen LogP contribution in [0.2, 0.25) is 0 Å². The van der Waals surface area contributed by atoms with Crippen molar-refractivity contribution in [2.24, 2.45) is 0 Å². The van der Waals surface area contributed by atoms with Gasteiger partial charge in [0.25, 0.3) is 5.91 Å². The molecule has 2 aliphatic rings. The molecule has 1 N–H and O–H groups in total. The number of piperidine rings is 2. The van der Waals surface area contributed by atoms with Crippen molar-refractivity contribution in [1.82, 2.24) is 15.2 Å². The van der Waals surface area contributed by atoms with E-state index in [-0.39, 0.29) is 29.5 Å². The maximum Gasteiger partial charge on any atom is 0.418 e. The average molecular weight is 574 g/mol. The third kappa shape index (κ3) is 6.28. The zero-order valence-corrected chi connectivity index (χ0v) is 23.7. The average Bonchev–Trinajstić information content (AvgIpc) is 3.31. The van der Waals surface area contributed by atoms with Crippen LogP contribution in [0, 0.1) is 0 Å². The molecule has 0 spiro atoms. The first-order valence-corrected chi connectivity index (χ1v) is 14.4. The molecule has 2 saturated heterocycles. The van der Waals surface area contributed by atoms with Gasteiger partial charge in [-0.1, -0.05) is 18.1 Å². The highest BCUT2D eigenvalue weighted by Gasteiger charge is 2.39. The molecule has 3 aromatic rings. The molecule has 40 heavy (non-hydrogen) atoms. The lowest BCUT2D eigenvalue weighted by Gasteiger charge is -2.48. The Morgan fingerprint density at radius 2 is 1.90 bits per heavy atom. The van der Waals surface area contributed by atoms with E-state index in [0.29, 0.717) is 39.9 Å². The van der Waals surface area contributed by atoms with Crippen LogP contribution in [0.3, 0.4) is 0 Å². The Labute approximate surface area is 236 Å². The summed E-state index contributed by atoms with van der Waals surface area (Å²) in [6.07, 6.45) is 2.22. The lowest BCUT2D eigenvalue weighted by molar-refractivity contribution is -0.136. The van der Waals surface area contributed by atoms with Crippen LogP contribution in [-0.4, -0.2) is 47.6 Å². The van der Waals surface area contributed by atoms with Crippen LogP contribution in [0.5, 0.6) is 11.5 Å². The first kappa shape index (κ1) is 28.4. The number of aromatic nitrogens is 1. The Kier molecular flexibility index (Phi) is 8.37. The number of carbonyl (C=O) groups excluding carboxylic acids is 1. The predicted octanol–water partition coefficient (Wildman–Crippen LogP) is 6.98. The van der Waals surface area contributed by atoms with Crippen molar-refractivity contribution in [1.29, 1.82) is 0 Å². The number of para-hydroxylation sites is 1. The molecule has 2 atom stereocenters. The SMILES string of the molecule is COc1cc(C(=O)NC2CC3CCCC(C2)N3Cc2nc3c(C(F)(F)F)cccc3s2)ccc1OCC=C(C)C. The topological polar surface area (TPSA) is 63.7 Å². The number of hydrogen-bond donors (Lipinski definition) is 1. The van der Waals surface area contributed by atoms with Crippen LogP contribution in [-0.2, 0) is 12.7 Å². The molecule has 2 aromatic carbocycles. The summed E-state index contributed by atoms with van der Waals surface area (Å²) in [5, 5.41) is 3.91. The van der Waals surface area contributed by atoms with E-state index in [1.165, 1.54) is 17.4 Å². The van der Waals surface area contributed by atoms with E-state index in [0.717, 1.165) is 43.7 Å². The van der Waals surface area contributed by atoms with Crippen LogP contribution >= 0.6 is 11.3 Å². The maximum atomic E-state index is 13.5. The number of nitrogens with one attached hydrogen (secondary N) is 1. The Balaban J connectivity index is 1.25. The Hall–Kier alpha value is -3.11. The molecule has 3 heterocycles. The Morgan fingerprint density at radius 3 is 2.58 bits per heavy atom. The van der Waals surface area contributed by atoms with Crippen molar-refractivity contribution in [2.45, 2.75) is 76.8 Å². The second kappa shape index (κ2) is 11.8. The second-order valence-electron chi connectivity index (χ2n) is 10.8. The summed E-state index contributed by atoms with van der Waals surface area (Å²) in [5.41, 5.74) is 1.01. The summed E-state index contributed by atoms with van der Waals surface area (Å²) in [5.74, 6) is 0.930. The molecule has 2 bridgehead atoms. The number of ether oxygens (including phenoxy) is 2. The van der Waals surface area contributed by atoms with Gasteiger partial charge in [-0.05, 0) is 75.9 Å². The molecule has 2 unspecified atom stereocenters. The molecular weight excluding hydrogens is 539 g/mol. The van der Waals surface area contributed by atoms with E-state index in [9.17, 15) is 18.0 Å². The molecule has 5 rings (SSSR count). The molecule has 1 aromatic heterocycles. The number of alkyl halides is 3. The molecule has 6 nitrogen and oxygen atoms in total. The summed E-state index contributed by atoms with van der Waals surface area (Å²) in [6, 6.07) is 9.94. The number of methoxy groups -OCH3 is 1. The number of hydrogen-bond acceptors (Lipinski definition) is 6. The first-order chi connectivity index (χ1) is 19.1. The second-order valence-corrected chi connectivity index (χ2v) is 11.9. The van der Waals surface area contributed by atoms with E-state index >= 15 is 0 Å². The van der Waals surface area contributed by atoms with Crippen molar-refractivity contribution >= 4 is 27.5 Å². The number of fused-ring (bicyclic) bond motifs is 3. The number of benzene rings is 2. The number of nitrogens with zero attached hydrogens (tertiary/aromatic N) is 2. The molecule has 2 fully saturated rings. The number of halogens is 3. The predicted molar refractivity (Wildman–Crippen MR) is 150 cm³/mol. The fourth-order valence-corrected chi connectivity index (χ4v) is 6.80. The third-order valence-electron chi connectivity index (χ3n) is 7.70. The van der Waals surface area contributed by atoms with Crippen LogP contribution in [0.1, 0.15) is 66.9 Å². The molecule has 10 heteroatoms. The van der Waals surface area contributed by atoms with Crippen molar-refractivity contribution in [3.63, 3.8) is 0 Å². The summed E-state index contributed by atoms with van der Waals surface area (Å²) >= 11 is 1.33. The quantitative estimate of drug-likeness (QED) is 0.295. The number of allylic oxidation sites excluding steroid dienone is 1. The lowest BCUT2D eigenvalue weighted by Crippen LogP contribution is -2.56. The van der Waals surface area contributed by atoms with Crippen LogP contribution < -0.4 is 14.8 Å². The molecular formula is C30H34F3N3O3S. The molecule has 0 saturated carbocycles. The molecule has 2 aliphatic heterocycles. The van der Waals surface area contributed by atoms with E-state index in [1.54, 1.807) is 31.4 Å². The van der Waals surface area contributed by atoms with Gasteiger partial charge in [-0.2, -0.15) is 13.2 Å². The number of thiazole rings is 1. The van der Waals surface area contributed by atoms with E-state index in [1.807, 2.05) is 19.9 Å². The van der Waals surface area contributed by atoms with Crippen LogP contribution in [0.25, 0.3) is 10.2 Å². The number of amides is 1. The van der Waals surface area contributed by atoms with E-state index in [4.69, 9.17) is 9.47 Å². The van der Waals surface area contributed by atoms with Crippen molar-refractivity contribution in [2.75, 3.05) is 13.7 Å². The van der Waals surface area contributed by atoms with E-state index in [2.05, 4.69) is 15.2 Å².